The summed E-state index contributed by atoms with van der Waals surface area (Å²) < 4.78 is 39.5. The van der Waals surface area contributed by atoms with E-state index in [2.05, 4.69) is 9.71 Å². The second-order valence-corrected chi connectivity index (χ2v) is 5.96. The Labute approximate surface area is 120 Å². The van der Waals surface area contributed by atoms with Crippen LogP contribution in [0.5, 0.6) is 0 Å². The number of rotatable bonds is 4. The number of benzene rings is 1. The maximum Gasteiger partial charge on any atom is 0.335 e. The third kappa shape index (κ3) is 3.34. The summed E-state index contributed by atoms with van der Waals surface area (Å²) in [6, 6.07) is 4.79. The molecule has 2 N–H and O–H groups in total. The van der Waals surface area contributed by atoms with E-state index in [1.807, 2.05) is 0 Å². The fourth-order valence-electron chi connectivity index (χ4n) is 1.65. The zero-order valence-electron chi connectivity index (χ0n) is 10.9. The molecular formula is C13H11FN2O4S. The number of aromatic nitrogens is 1. The van der Waals surface area contributed by atoms with Gasteiger partial charge in [0, 0.05) is 6.20 Å². The first-order valence-corrected chi connectivity index (χ1v) is 7.25. The van der Waals surface area contributed by atoms with E-state index in [9.17, 15) is 17.6 Å². The molecule has 0 amide bonds. The highest BCUT2D eigenvalue weighted by molar-refractivity contribution is 7.92. The van der Waals surface area contributed by atoms with Crippen molar-refractivity contribution >= 4 is 21.7 Å². The molecule has 0 spiro atoms. The molecule has 0 bridgehead atoms. The second kappa shape index (κ2) is 5.49. The number of aryl methyl sites for hydroxylation is 1. The number of aromatic carboxylic acids is 1. The minimum atomic E-state index is -3.99. The van der Waals surface area contributed by atoms with E-state index >= 15 is 0 Å². The van der Waals surface area contributed by atoms with Crippen molar-refractivity contribution in [2.24, 2.45) is 0 Å². The zero-order chi connectivity index (χ0) is 15.6. The van der Waals surface area contributed by atoms with Gasteiger partial charge in [0.25, 0.3) is 10.0 Å². The Bertz CT molecular complexity index is 806. The van der Waals surface area contributed by atoms with Crippen molar-refractivity contribution in [3.8, 4) is 0 Å². The largest absolute Gasteiger partial charge is 0.478 e. The quantitative estimate of drug-likeness (QED) is 0.900. The lowest BCUT2D eigenvalue weighted by Gasteiger charge is -2.11. The first-order valence-electron chi connectivity index (χ1n) is 5.77. The van der Waals surface area contributed by atoms with Crippen molar-refractivity contribution < 1.29 is 22.7 Å². The average molecular weight is 310 g/mol. The average Bonchev–Trinajstić information content (AvgIpc) is 2.40. The molecule has 0 radical (unpaired) electrons. The highest BCUT2D eigenvalue weighted by atomic mass is 32.2. The summed E-state index contributed by atoms with van der Waals surface area (Å²) in [4.78, 5) is 14.0. The van der Waals surface area contributed by atoms with E-state index in [1.54, 1.807) is 6.92 Å². The summed E-state index contributed by atoms with van der Waals surface area (Å²) in [7, 11) is -3.99. The third-order valence-corrected chi connectivity index (χ3v) is 4.04. The monoisotopic (exact) mass is 310 g/mol. The third-order valence-electron chi connectivity index (χ3n) is 2.71. The smallest absolute Gasteiger partial charge is 0.335 e. The second-order valence-electron chi connectivity index (χ2n) is 4.28. The van der Waals surface area contributed by atoms with Crippen LogP contribution >= 0.6 is 0 Å². The van der Waals surface area contributed by atoms with Crippen LogP contribution in [-0.4, -0.2) is 24.5 Å². The Morgan fingerprint density at radius 3 is 2.57 bits per heavy atom. The predicted octanol–water partition coefficient (Wildman–Crippen LogP) is 2.03. The van der Waals surface area contributed by atoms with Gasteiger partial charge in [-0.25, -0.2) is 17.6 Å². The lowest BCUT2D eigenvalue weighted by molar-refractivity contribution is 0.0697. The summed E-state index contributed by atoms with van der Waals surface area (Å²) >= 11 is 0. The number of nitrogens with zero attached hydrogens (tertiary/aromatic N) is 1. The Morgan fingerprint density at radius 2 is 2.00 bits per heavy atom. The number of anilines is 1. The van der Waals surface area contributed by atoms with Gasteiger partial charge in [0.2, 0.25) is 0 Å². The van der Waals surface area contributed by atoms with E-state index in [-0.39, 0.29) is 16.1 Å². The summed E-state index contributed by atoms with van der Waals surface area (Å²) in [5, 5.41) is 8.85. The first kappa shape index (κ1) is 14.9. The standard InChI is InChI=1S/C13H11FN2O4S/c1-8-4-9(13(17)18)2-3-12(8)16-21(19,20)11-5-10(14)6-15-7-11/h2-7,16H,1H3,(H,17,18). The van der Waals surface area contributed by atoms with Crippen molar-refractivity contribution in [3.63, 3.8) is 0 Å². The minimum Gasteiger partial charge on any atom is -0.478 e. The maximum atomic E-state index is 13.0. The molecule has 1 aromatic carbocycles. The number of hydrogen-bond acceptors (Lipinski definition) is 4. The molecule has 0 fully saturated rings. The molecule has 0 aliphatic rings. The number of sulfonamides is 1. The van der Waals surface area contributed by atoms with Gasteiger partial charge in [-0.05, 0) is 36.8 Å². The highest BCUT2D eigenvalue weighted by Crippen LogP contribution is 2.21. The Kier molecular flexibility index (Phi) is 3.90. The predicted molar refractivity (Wildman–Crippen MR) is 73.1 cm³/mol. The normalized spacial score (nSPS) is 11.1. The SMILES string of the molecule is Cc1cc(C(=O)O)ccc1NS(=O)(=O)c1cncc(F)c1. The minimum absolute atomic E-state index is 0.0443. The summed E-state index contributed by atoms with van der Waals surface area (Å²) in [6.45, 7) is 1.56. The van der Waals surface area contributed by atoms with Gasteiger partial charge in [-0.2, -0.15) is 0 Å². The van der Waals surface area contributed by atoms with E-state index in [4.69, 9.17) is 5.11 Å². The fourth-order valence-corrected chi connectivity index (χ4v) is 2.76. The van der Waals surface area contributed by atoms with Crippen LogP contribution in [0.15, 0.2) is 41.6 Å². The van der Waals surface area contributed by atoms with Crippen molar-refractivity contribution in [2.45, 2.75) is 11.8 Å². The Hall–Kier alpha value is -2.48. The molecular weight excluding hydrogens is 299 g/mol. The van der Waals surface area contributed by atoms with Gasteiger partial charge in [-0.1, -0.05) is 0 Å². The topological polar surface area (TPSA) is 96.4 Å². The van der Waals surface area contributed by atoms with Crippen LogP contribution in [0.25, 0.3) is 0 Å². The molecule has 0 aliphatic heterocycles. The molecule has 21 heavy (non-hydrogen) atoms. The first-order chi connectivity index (χ1) is 9.79. The molecule has 8 heteroatoms. The summed E-state index contributed by atoms with van der Waals surface area (Å²) in [6.07, 6.45) is 1.91. The van der Waals surface area contributed by atoms with Gasteiger partial charge < -0.3 is 5.11 Å². The Balaban J connectivity index is 2.35. The number of nitrogens with one attached hydrogen (secondary N) is 1. The van der Waals surface area contributed by atoms with Crippen LogP contribution in [0, 0.1) is 12.7 Å². The van der Waals surface area contributed by atoms with Crippen LogP contribution < -0.4 is 4.72 Å². The van der Waals surface area contributed by atoms with Crippen LogP contribution in [0.2, 0.25) is 0 Å². The lowest BCUT2D eigenvalue weighted by atomic mass is 10.1. The zero-order valence-corrected chi connectivity index (χ0v) is 11.7. The number of carbonyl (C=O) groups is 1. The molecule has 1 aromatic heterocycles. The van der Waals surface area contributed by atoms with Gasteiger partial charge in [-0.15, -0.1) is 0 Å². The molecule has 0 atom stereocenters. The van der Waals surface area contributed by atoms with Crippen LogP contribution in [-0.2, 0) is 10.0 Å². The molecule has 6 nitrogen and oxygen atoms in total. The number of pyridine rings is 1. The van der Waals surface area contributed by atoms with E-state index in [0.29, 0.717) is 5.56 Å². The molecule has 0 saturated heterocycles. The molecule has 0 unspecified atom stereocenters. The lowest BCUT2D eigenvalue weighted by Crippen LogP contribution is -2.14. The number of carboxylic acid groups (broad SMARTS) is 1. The molecule has 2 aromatic rings. The van der Waals surface area contributed by atoms with E-state index < -0.39 is 21.8 Å². The Morgan fingerprint density at radius 1 is 1.29 bits per heavy atom. The number of carboxylic acids is 1. The van der Waals surface area contributed by atoms with Gasteiger partial charge in [0.15, 0.2) is 0 Å². The van der Waals surface area contributed by atoms with Crippen molar-refractivity contribution in [3.05, 3.63) is 53.6 Å². The van der Waals surface area contributed by atoms with Crippen LogP contribution in [0.1, 0.15) is 15.9 Å². The molecule has 110 valence electrons. The highest BCUT2D eigenvalue weighted by Gasteiger charge is 2.17. The van der Waals surface area contributed by atoms with Gasteiger partial charge in [0.05, 0.1) is 17.4 Å². The van der Waals surface area contributed by atoms with Crippen molar-refractivity contribution in [1.29, 1.82) is 0 Å². The molecule has 0 saturated carbocycles. The number of halogens is 1. The fraction of sp³-hybridized carbons (Fsp3) is 0.0769. The molecule has 0 aliphatic carbocycles. The van der Waals surface area contributed by atoms with Crippen molar-refractivity contribution in [2.75, 3.05) is 4.72 Å². The summed E-state index contributed by atoms with van der Waals surface area (Å²) in [5.74, 6) is -1.88. The van der Waals surface area contributed by atoms with Crippen molar-refractivity contribution in [1.82, 2.24) is 4.98 Å². The van der Waals surface area contributed by atoms with Gasteiger partial charge in [-0.3, -0.25) is 9.71 Å². The van der Waals surface area contributed by atoms with Gasteiger partial charge >= 0.3 is 5.97 Å². The maximum absolute atomic E-state index is 13.0. The van der Waals surface area contributed by atoms with Crippen LogP contribution in [0.4, 0.5) is 10.1 Å². The molecule has 2 rings (SSSR count). The van der Waals surface area contributed by atoms with E-state index in [1.165, 1.54) is 18.2 Å². The summed E-state index contributed by atoms with van der Waals surface area (Å²) in [5.41, 5.74) is 0.690. The van der Waals surface area contributed by atoms with Crippen LogP contribution in [0.3, 0.4) is 0 Å². The number of hydrogen-bond donors (Lipinski definition) is 2. The molecule has 1 heterocycles. The van der Waals surface area contributed by atoms with E-state index in [0.717, 1.165) is 18.5 Å². The van der Waals surface area contributed by atoms with Gasteiger partial charge in [0.1, 0.15) is 10.7 Å².